The SMILES string of the molecule is COC(=O)c1cccc2c(Br)nc(C(C)(C)C)n12. The van der Waals surface area contributed by atoms with E-state index in [1.54, 1.807) is 6.07 Å². The van der Waals surface area contributed by atoms with Gasteiger partial charge < -0.3 is 4.74 Å². The zero-order valence-electron chi connectivity index (χ0n) is 10.8. The highest BCUT2D eigenvalue weighted by Crippen LogP contribution is 2.28. The molecule has 0 N–H and O–H groups in total. The van der Waals surface area contributed by atoms with Gasteiger partial charge in [0.05, 0.1) is 12.6 Å². The number of hydrogen-bond acceptors (Lipinski definition) is 3. The highest BCUT2D eigenvalue weighted by Gasteiger charge is 2.25. The Morgan fingerprint density at radius 1 is 1.39 bits per heavy atom. The Balaban J connectivity index is 2.85. The maximum atomic E-state index is 11.8. The Hall–Kier alpha value is -1.36. The van der Waals surface area contributed by atoms with E-state index in [0.29, 0.717) is 5.69 Å². The number of fused-ring (bicyclic) bond motifs is 1. The van der Waals surface area contributed by atoms with Crippen molar-refractivity contribution in [3.05, 3.63) is 34.3 Å². The summed E-state index contributed by atoms with van der Waals surface area (Å²) in [5, 5.41) is 0. The molecule has 2 heterocycles. The lowest BCUT2D eigenvalue weighted by molar-refractivity contribution is 0.0591. The van der Waals surface area contributed by atoms with Crippen LogP contribution < -0.4 is 0 Å². The summed E-state index contributed by atoms with van der Waals surface area (Å²) in [7, 11) is 1.38. The molecular formula is C13H15BrN2O2. The van der Waals surface area contributed by atoms with Crippen LogP contribution in [0.15, 0.2) is 22.8 Å². The van der Waals surface area contributed by atoms with Crippen LogP contribution in [0.2, 0.25) is 0 Å². The van der Waals surface area contributed by atoms with Gasteiger partial charge in [0.1, 0.15) is 16.1 Å². The first-order valence-electron chi connectivity index (χ1n) is 5.62. The third-order valence-corrected chi connectivity index (χ3v) is 3.27. The van der Waals surface area contributed by atoms with Gasteiger partial charge in [-0.1, -0.05) is 26.8 Å². The minimum Gasteiger partial charge on any atom is -0.464 e. The number of halogens is 1. The average molecular weight is 311 g/mol. The fourth-order valence-corrected chi connectivity index (χ4v) is 2.34. The summed E-state index contributed by atoms with van der Waals surface area (Å²) in [4.78, 5) is 16.3. The van der Waals surface area contributed by atoms with E-state index in [0.717, 1.165) is 15.9 Å². The summed E-state index contributed by atoms with van der Waals surface area (Å²) in [5.41, 5.74) is 1.18. The van der Waals surface area contributed by atoms with Gasteiger partial charge in [0.15, 0.2) is 0 Å². The fourth-order valence-electron chi connectivity index (χ4n) is 1.87. The standard InChI is InChI=1S/C13H15BrN2O2/c1-13(2,3)12-15-10(14)8-6-5-7-9(16(8)12)11(17)18-4/h5-7H,1-4H3. The number of pyridine rings is 1. The summed E-state index contributed by atoms with van der Waals surface area (Å²) in [6.07, 6.45) is 0. The molecule has 0 aliphatic carbocycles. The molecule has 0 radical (unpaired) electrons. The molecule has 4 nitrogen and oxygen atoms in total. The predicted octanol–water partition coefficient (Wildman–Crippen LogP) is 3.18. The molecule has 18 heavy (non-hydrogen) atoms. The number of hydrogen-bond donors (Lipinski definition) is 0. The number of nitrogens with zero attached hydrogens (tertiary/aromatic N) is 2. The third kappa shape index (κ3) is 2.03. The first kappa shape index (κ1) is 13.1. The summed E-state index contributed by atoms with van der Waals surface area (Å²) >= 11 is 3.43. The van der Waals surface area contributed by atoms with Crippen molar-refractivity contribution in [1.82, 2.24) is 9.38 Å². The Bertz CT molecular complexity index is 611. The molecule has 2 aromatic rings. The van der Waals surface area contributed by atoms with Crippen molar-refractivity contribution in [2.75, 3.05) is 7.11 Å². The lowest BCUT2D eigenvalue weighted by atomic mass is 9.96. The summed E-state index contributed by atoms with van der Waals surface area (Å²) < 4.78 is 7.40. The van der Waals surface area contributed by atoms with Crippen molar-refractivity contribution >= 4 is 27.4 Å². The van der Waals surface area contributed by atoms with Crippen LogP contribution in [0.25, 0.3) is 5.52 Å². The van der Waals surface area contributed by atoms with E-state index in [1.165, 1.54) is 7.11 Å². The summed E-state index contributed by atoms with van der Waals surface area (Å²) in [6.45, 7) is 6.17. The third-order valence-electron chi connectivity index (χ3n) is 2.68. The van der Waals surface area contributed by atoms with Gasteiger partial charge in [0, 0.05) is 5.41 Å². The van der Waals surface area contributed by atoms with Crippen molar-refractivity contribution in [2.24, 2.45) is 0 Å². The molecule has 2 aromatic heterocycles. The molecule has 5 heteroatoms. The predicted molar refractivity (Wildman–Crippen MR) is 72.9 cm³/mol. The number of rotatable bonds is 1. The van der Waals surface area contributed by atoms with Gasteiger partial charge in [-0.05, 0) is 28.1 Å². The van der Waals surface area contributed by atoms with Crippen LogP contribution in [0, 0.1) is 0 Å². The smallest absolute Gasteiger partial charge is 0.355 e. The highest BCUT2D eigenvalue weighted by molar-refractivity contribution is 9.10. The zero-order chi connectivity index (χ0) is 13.5. The average Bonchev–Trinajstić information content (AvgIpc) is 2.66. The van der Waals surface area contributed by atoms with Gasteiger partial charge in [-0.15, -0.1) is 0 Å². The molecule has 0 aromatic carbocycles. The van der Waals surface area contributed by atoms with Gasteiger partial charge in [-0.3, -0.25) is 4.40 Å². The molecule has 0 aliphatic rings. The largest absolute Gasteiger partial charge is 0.464 e. The first-order valence-corrected chi connectivity index (χ1v) is 6.41. The molecule has 2 rings (SSSR count). The first-order chi connectivity index (χ1) is 8.36. The van der Waals surface area contributed by atoms with Gasteiger partial charge in [0.25, 0.3) is 0 Å². The molecule has 0 bridgehead atoms. The number of ether oxygens (including phenoxy) is 1. The lowest BCUT2D eigenvalue weighted by Crippen LogP contribution is -2.19. The minimum absolute atomic E-state index is 0.168. The molecule has 0 saturated heterocycles. The molecule has 0 saturated carbocycles. The Morgan fingerprint density at radius 2 is 2.06 bits per heavy atom. The summed E-state index contributed by atoms with van der Waals surface area (Å²) in [5.74, 6) is 0.460. The number of imidazole rings is 1. The second-order valence-electron chi connectivity index (χ2n) is 5.10. The van der Waals surface area contributed by atoms with E-state index in [9.17, 15) is 4.79 Å². The molecule has 0 fully saturated rings. The van der Waals surface area contributed by atoms with Crippen molar-refractivity contribution in [1.29, 1.82) is 0 Å². The van der Waals surface area contributed by atoms with E-state index in [1.807, 2.05) is 16.5 Å². The molecule has 0 unspecified atom stereocenters. The molecule has 96 valence electrons. The number of aromatic nitrogens is 2. The van der Waals surface area contributed by atoms with Crippen molar-refractivity contribution in [2.45, 2.75) is 26.2 Å². The van der Waals surface area contributed by atoms with Crippen LogP contribution >= 0.6 is 15.9 Å². The van der Waals surface area contributed by atoms with E-state index < -0.39 is 0 Å². The molecule has 0 amide bonds. The Kier molecular flexibility index (Phi) is 3.19. The van der Waals surface area contributed by atoms with E-state index in [-0.39, 0.29) is 11.4 Å². The van der Waals surface area contributed by atoms with Crippen molar-refractivity contribution in [3.63, 3.8) is 0 Å². The highest BCUT2D eigenvalue weighted by atomic mass is 79.9. The molecular weight excluding hydrogens is 296 g/mol. The Morgan fingerprint density at radius 3 is 2.61 bits per heavy atom. The molecule has 0 atom stereocenters. The van der Waals surface area contributed by atoms with Crippen molar-refractivity contribution < 1.29 is 9.53 Å². The number of methoxy groups -OCH3 is 1. The van der Waals surface area contributed by atoms with Gasteiger partial charge in [-0.2, -0.15) is 0 Å². The number of esters is 1. The fraction of sp³-hybridized carbons (Fsp3) is 0.385. The van der Waals surface area contributed by atoms with Crippen LogP contribution in [0.4, 0.5) is 0 Å². The van der Waals surface area contributed by atoms with E-state index in [4.69, 9.17) is 4.74 Å². The number of carbonyl (C=O) groups is 1. The van der Waals surface area contributed by atoms with Crippen LogP contribution in [0.3, 0.4) is 0 Å². The van der Waals surface area contributed by atoms with Crippen LogP contribution in [-0.4, -0.2) is 22.5 Å². The van der Waals surface area contributed by atoms with E-state index in [2.05, 4.69) is 41.7 Å². The second kappa shape index (κ2) is 4.39. The van der Waals surface area contributed by atoms with Gasteiger partial charge in [-0.25, -0.2) is 9.78 Å². The van der Waals surface area contributed by atoms with Crippen LogP contribution in [0.1, 0.15) is 37.1 Å². The normalized spacial score (nSPS) is 11.8. The van der Waals surface area contributed by atoms with E-state index >= 15 is 0 Å². The van der Waals surface area contributed by atoms with Crippen molar-refractivity contribution in [3.8, 4) is 0 Å². The second-order valence-corrected chi connectivity index (χ2v) is 5.85. The molecule has 0 aliphatic heterocycles. The monoisotopic (exact) mass is 310 g/mol. The van der Waals surface area contributed by atoms with Crippen LogP contribution in [-0.2, 0) is 10.2 Å². The van der Waals surface area contributed by atoms with Gasteiger partial charge in [0.2, 0.25) is 0 Å². The maximum Gasteiger partial charge on any atom is 0.355 e. The minimum atomic E-state index is -0.365. The Labute approximate surface area is 114 Å². The summed E-state index contributed by atoms with van der Waals surface area (Å²) in [6, 6.07) is 5.47. The maximum absolute atomic E-state index is 11.8. The topological polar surface area (TPSA) is 43.6 Å². The van der Waals surface area contributed by atoms with Crippen LogP contribution in [0.5, 0.6) is 0 Å². The van der Waals surface area contributed by atoms with Gasteiger partial charge >= 0.3 is 5.97 Å². The molecule has 0 spiro atoms. The zero-order valence-corrected chi connectivity index (χ0v) is 12.4. The number of carbonyl (C=O) groups excluding carboxylic acids is 1. The quantitative estimate of drug-likeness (QED) is 0.760. The lowest BCUT2D eigenvalue weighted by Gasteiger charge is -2.18.